The van der Waals surface area contributed by atoms with Gasteiger partial charge in [0.25, 0.3) is 11.5 Å². The summed E-state index contributed by atoms with van der Waals surface area (Å²) < 4.78 is 14.9. The van der Waals surface area contributed by atoms with E-state index in [4.69, 9.17) is 0 Å². The third kappa shape index (κ3) is 2.71. The lowest BCUT2D eigenvalue weighted by molar-refractivity contribution is 0.103. The smallest absolute Gasteiger partial charge is 0.266 e. The quantitative estimate of drug-likeness (QED) is 0.790. The second-order valence-electron chi connectivity index (χ2n) is 5.49. The van der Waals surface area contributed by atoms with Crippen LogP contribution in [0.2, 0.25) is 0 Å². The van der Waals surface area contributed by atoms with Gasteiger partial charge in [0.2, 0.25) is 0 Å². The highest BCUT2D eigenvalue weighted by Gasteiger charge is 2.20. The zero-order valence-electron chi connectivity index (χ0n) is 13.5. The number of thiophene rings is 1. The highest BCUT2D eigenvalue weighted by molar-refractivity contribution is 7.20. The Labute approximate surface area is 141 Å². The van der Waals surface area contributed by atoms with Crippen LogP contribution in [0, 0.1) is 19.7 Å². The molecular weight excluding hydrogens is 329 g/mol. The van der Waals surface area contributed by atoms with E-state index in [0.29, 0.717) is 32.9 Å². The largest absolute Gasteiger partial charge is 0.321 e. The number of amides is 1. The van der Waals surface area contributed by atoms with Crippen molar-refractivity contribution in [2.45, 2.75) is 27.3 Å². The number of benzene rings is 1. The van der Waals surface area contributed by atoms with E-state index in [9.17, 15) is 14.0 Å². The molecule has 3 aromatic rings. The molecule has 0 aliphatic rings. The van der Waals surface area contributed by atoms with E-state index in [1.165, 1.54) is 23.0 Å². The summed E-state index contributed by atoms with van der Waals surface area (Å²) in [6, 6.07) is 4.22. The summed E-state index contributed by atoms with van der Waals surface area (Å²) in [6.45, 7) is 5.89. The number of rotatable bonds is 3. The summed E-state index contributed by atoms with van der Waals surface area (Å²) in [5.74, 6) is -0.789. The molecular formula is C17H16FN3O2S. The van der Waals surface area contributed by atoms with Gasteiger partial charge in [-0.15, -0.1) is 11.3 Å². The number of nitrogens with one attached hydrogen (secondary N) is 1. The average molecular weight is 345 g/mol. The minimum Gasteiger partial charge on any atom is -0.321 e. The van der Waals surface area contributed by atoms with Gasteiger partial charge in [-0.25, -0.2) is 9.37 Å². The van der Waals surface area contributed by atoms with Crippen molar-refractivity contribution in [1.82, 2.24) is 9.55 Å². The number of carbonyl (C=O) groups excluding carboxylic acids is 1. The van der Waals surface area contributed by atoms with Crippen LogP contribution in [0.15, 0.2) is 29.3 Å². The van der Waals surface area contributed by atoms with Gasteiger partial charge in [-0.1, -0.05) is 6.07 Å². The van der Waals surface area contributed by atoms with Gasteiger partial charge in [0.05, 0.1) is 16.6 Å². The Kier molecular flexibility index (Phi) is 4.19. The standard InChI is InChI=1S/C17H16FN3O2S/c1-4-21-8-19-16-13(17(21)23)10(3)14(24-16)15(22)20-12-7-11(18)6-5-9(12)2/h5-8H,4H2,1-3H3,(H,20,22). The Morgan fingerprint density at radius 1 is 1.38 bits per heavy atom. The number of hydrogen-bond donors (Lipinski definition) is 1. The van der Waals surface area contributed by atoms with Crippen LogP contribution in [0.3, 0.4) is 0 Å². The molecule has 0 atom stereocenters. The number of nitrogens with zero attached hydrogens (tertiary/aromatic N) is 2. The van der Waals surface area contributed by atoms with E-state index in [-0.39, 0.29) is 11.5 Å². The van der Waals surface area contributed by atoms with Crippen molar-refractivity contribution in [3.05, 3.63) is 56.7 Å². The first-order valence-corrected chi connectivity index (χ1v) is 8.30. The lowest BCUT2D eigenvalue weighted by Crippen LogP contribution is -2.19. The highest BCUT2D eigenvalue weighted by Crippen LogP contribution is 2.28. The maximum atomic E-state index is 13.4. The van der Waals surface area contributed by atoms with Gasteiger partial charge >= 0.3 is 0 Å². The summed E-state index contributed by atoms with van der Waals surface area (Å²) in [4.78, 5) is 30.2. The molecule has 2 aromatic heterocycles. The van der Waals surface area contributed by atoms with Crippen LogP contribution in [0.5, 0.6) is 0 Å². The van der Waals surface area contributed by atoms with E-state index in [2.05, 4.69) is 10.3 Å². The average Bonchev–Trinajstić information content (AvgIpc) is 2.89. The number of aromatic nitrogens is 2. The Morgan fingerprint density at radius 3 is 2.83 bits per heavy atom. The summed E-state index contributed by atoms with van der Waals surface area (Å²) in [6.07, 6.45) is 1.49. The third-order valence-electron chi connectivity index (χ3n) is 3.91. The Hall–Kier alpha value is -2.54. The van der Waals surface area contributed by atoms with E-state index < -0.39 is 5.82 Å². The first kappa shape index (κ1) is 16.3. The summed E-state index contributed by atoms with van der Waals surface area (Å²) >= 11 is 1.16. The predicted octanol–water partition coefficient (Wildman–Crippen LogP) is 3.49. The van der Waals surface area contributed by atoms with Crippen molar-refractivity contribution < 1.29 is 9.18 Å². The predicted molar refractivity (Wildman–Crippen MR) is 93.4 cm³/mol. The van der Waals surface area contributed by atoms with Gasteiger partial charge in [0, 0.05) is 12.2 Å². The molecule has 1 amide bonds. The SMILES string of the molecule is CCn1cnc2sc(C(=O)Nc3cc(F)ccc3C)c(C)c2c1=O. The number of hydrogen-bond acceptors (Lipinski definition) is 4. The Bertz CT molecular complexity index is 1010. The molecule has 0 unspecified atom stereocenters. The van der Waals surface area contributed by atoms with Gasteiger partial charge < -0.3 is 5.32 Å². The molecule has 24 heavy (non-hydrogen) atoms. The van der Waals surface area contributed by atoms with Crippen LogP contribution in [0.25, 0.3) is 10.2 Å². The molecule has 2 heterocycles. The first-order chi connectivity index (χ1) is 11.4. The van der Waals surface area contributed by atoms with Crippen molar-refractivity contribution in [1.29, 1.82) is 0 Å². The minimum absolute atomic E-state index is 0.155. The second kappa shape index (κ2) is 6.16. The van der Waals surface area contributed by atoms with E-state index in [0.717, 1.165) is 16.9 Å². The zero-order chi connectivity index (χ0) is 17.4. The molecule has 0 aliphatic heterocycles. The summed E-state index contributed by atoms with van der Waals surface area (Å²) in [7, 11) is 0. The monoisotopic (exact) mass is 345 g/mol. The molecule has 0 spiro atoms. The number of carbonyl (C=O) groups is 1. The number of fused-ring (bicyclic) bond motifs is 1. The van der Waals surface area contributed by atoms with Crippen molar-refractivity contribution in [3.8, 4) is 0 Å². The molecule has 1 N–H and O–H groups in total. The molecule has 0 aliphatic carbocycles. The third-order valence-corrected chi connectivity index (χ3v) is 5.11. The van der Waals surface area contributed by atoms with Crippen LogP contribution in [-0.4, -0.2) is 15.5 Å². The van der Waals surface area contributed by atoms with Gasteiger partial charge in [-0.05, 0) is 44.0 Å². The van der Waals surface area contributed by atoms with Gasteiger partial charge in [0.1, 0.15) is 10.6 Å². The van der Waals surface area contributed by atoms with Crippen molar-refractivity contribution in [2.24, 2.45) is 0 Å². The normalized spacial score (nSPS) is 11.0. The van der Waals surface area contributed by atoms with Crippen LogP contribution in [-0.2, 0) is 6.54 Å². The first-order valence-electron chi connectivity index (χ1n) is 7.48. The molecule has 0 fully saturated rings. The molecule has 0 saturated heterocycles. The van der Waals surface area contributed by atoms with Crippen molar-refractivity contribution in [3.63, 3.8) is 0 Å². The second-order valence-corrected chi connectivity index (χ2v) is 6.48. The highest BCUT2D eigenvalue weighted by atomic mass is 32.1. The fourth-order valence-corrected chi connectivity index (χ4v) is 3.54. The van der Waals surface area contributed by atoms with E-state index in [1.807, 2.05) is 6.92 Å². The van der Waals surface area contributed by atoms with E-state index >= 15 is 0 Å². The molecule has 1 aromatic carbocycles. The lowest BCUT2D eigenvalue weighted by Gasteiger charge is -2.08. The fraction of sp³-hybridized carbons (Fsp3) is 0.235. The number of anilines is 1. The molecule has 124 valence electrons. The van der Waals surface area contributed by atoms with Crippen LogP contribution in [0.1, 0.15) is 27.7 Å². The Morgan fingerprint density at radius 2 is 2.12 bits per heavy atom. The molecule has 0 bridgehead atoms. The molecule has 0 radical (unpaired) electrons. The molecule has 3 rings (SSSR count). The Balaban J connectivity index is 2.05. The van der Waals surface area contributed by atoms with Crippen LogP contribution >= 0.6 is 11.3 Å². The molecule has 5 nitrogen and oxygen atoms in total. The number of aryl methyl sites for hydroxylation is 3. The van der Waals surface area contributed by atoms with E-state index in [1.54, 1.807) is 19.9 Å². The van der Waals surface area contributed by atoms with Gasteiger partial charge in [-0.3, -0.25) is 14.2 Å². The molecule has 7 heteroatoms. The van der Waals surface area contributed by atoms with Crippen LogP contribution in [0.4, 0.5) is 10.1 Å². The number of halogens is 1. The van der Waals surface area contributed by atoms with Crippen molar-refractivity contribution in [2.75, 3.05) is 5.32 Å². The maximum Gasteiger partial charge on any atom is 0.266 e. The summed E-state index contributed by atoms with van der Waals surface area (Å²) in [5.41, 5.74) is 1.62. The topological polar surface area (TPSA) is 64.0 Å². The zero-order valence-corrected chi connectivity index (χ0v) is 14.3. The van der Waals surface area contributed by atoms with Crippen LogP contribution < -0.4 is 10.9 Å². The lowest BCUT2D eigenvalue weighted by atomic mass is 10.1. The minimum atomic E-state index is -0.420. The van der Waals surface area contributed by atoms with Gasteiger partial charge in [-0.2, -0.15) is 0 Å². The van der Waals surface area contributed by atoms with Gasteiger partial charge in [0.15, 0.2) is 0 Å². The summed E-state index contributed by atoms with van der Waals surface area (Å²) in [5, 5.41) is 3.18. The fourth-order valence-electron chi connectivity index (χ4n) is 2.51. The molecule has 0 saturated carbocycles. The van der Waals surface area contributed by atoms with Crippen molar-refractivity contribution >= 4 is 33.1 Å². The maximum absolute atomic E-state index is 13.4.